The molecule has 0 aliphatic rings. The average molecular weight is 246 g/mol. The number of aromatic nitrogens is 2. The molecular formula is C14H18N2O2. The third-order valence-corrected chi connectivity index (χ3v) is 2.86. The lowest BCUT2D eigenvalue weighted by atomic mass is 9.93. The number of rotatable bonds is 2. The van der Waals surface area contributed by atoms with E-state index in [4.69, 9.17) is 4.74 Å². The molecule has 0 radical (unpaired) electrons. The molecule has 0 bridgehead atoms. The molecule has 0 saturated heterocycles. The monoisotopic (exact) mass is 246 g/mol. The first kappa shape index (κ1) is 12.5. The quantitative estimate of drug-likeness (QED) is 0.884. The van der Waals surface area contributed by atoms with Crippen LogP contribution in [0.15, 0.2) is 35.1 Å². The predicted molar refractivity (Wildman–Crippen MR) is 71.6 cm³/mol. The van der Waals surface area contributed by atoms with Gasteiger partial charge in [-0.15, -0.1) is 0 Å². The van der Waals surface area contributed by atoms with Crippen molar-refractivity contribution in [1.29, 1.82) is 0 Å². The summed E-state index contributed by atoms with van der Waals surface area (Å²) in [5, 5.41) is 3.14. The molecule has 1 aromatic heterocycles. The molecule has 0 amide bonds. The summed E-state index contributed by atoms with van der Waals surface area (Å²) in [6, 6.07) is 9.01. The number of hydrogen-bond donors (Lipinski definition) is 1. The van der Waals surface area contributed by atoms with Gasteiger partial charge in [0.2, 0.25) is 0 Å². The Bertz CT molecular complexity index is 585. The SMILES string of the molecule is COc1ccc(-n2[nH]c(C(C)(C)C)cc2=O)cc1. The fraction of sp³-hybridized carbons (Fsp3) is 0.357. The maximum atomic E-state index is 11.9. The highest BCUT2D eigenvalue weighted by atomic mass is 16.5. The van der Waals surface area contributed by atoms with Gasteiger partial charge < -0.3 is 4.74 Å². The molecule has 4 nitrogen and oxygen atoms in total. The van der Waals surface area contributed by atoms with Crippen LogP contribution >= 0.6 is 0 Å². The Hall–Kier alpha value is -1.97. The summed E-state index contributed by atoms with van der Waals surface area (Å²) in [6.07, 6.45) is 0. The third kappa shape index (κ3) is 2.32. The summed E-state index contributed by atoms with van der Waals surface area (Å²) in [4.78, 5) is 11.9. The molecule has 4 heteroatoms. The number of nitrogens with zero attached hydrogens (tertiary/aromatic N) is 1. The zero-order valence-corrected chi connectivity index (χ0v) is 11.2. The highest BCUT2D eigenvalue weighted by Crippen LogP contribution is 2.19. The zero-order valence-electron chi connectivity index (χ0n) is 11.2. The van der Waals surface area contributed by atoms with E-state index in [1.807, 2.05) is 24.3 Å². The van der Waals surface area contributed by atoms with Crippen LogP contribution in [0.2, 0.25) is 0 Å². The van der Waals surface area contributed by atoms with E-state index in [0.29, 0.717) is 0 Å². The van der Waals surface area contributed by atoms with Gasteiger partial charge in [-0.25, -0.2) is 4.68 Å². The van der Waals surface area contributed by atoms with Crippen molar-refractivity contribution < 1.29 is 4.74 Å². The lowest BCUT2D eigenvalue weighted by molar-refractivity contribution is 0.414. The summed E-state index contributed by atoms with van der Waals surface area (Å²) in [5.74, 6) is 0.773. The summed E-state index contributed by atoms with van der Waals surface area (Å²) < 4.78 is 6.64. The lowest BCUT2D eigenvalue weighted by Crippen LogP contribution is -2.14. The van der Waals surface area contributed by atoms with Gasteiger partial charge in [0.15, 0.2) is 0 Å². The van der Waals surface area contributed by atoms with E-state index in [1.54, 1.807) is 17.9 Å². The number of aromatic amines is 1. The largest absolute Gasteiger partial charge is 0.497 e. The second-order valence-electron chi connectivity index (χ2n) is 5.29. The van der Waals surface area contributed by atoms with E-state index in [-0.39, 0.29) is 11.0 Å². The van der Waals surface area contributed by atoms with Crippen LogP contribution in [-0.2, 0) is 5.41 Å². The highest BCUT2D eigenvalue weighted by molar-refractivity contribution is 5.37. The number of benzene rings is 1. The van der Waals surface area contributed by atoms with Crippen molar-refractivity contribution in [2.24, 2.45) is 0 Å². The van der Waals surface area contributed by atoms with Crippen LogP contribution in [0.5, 0.6) is 5.75 Å². The van der Waals surface area contributed by atoms with E-state index in [2.05, 4.69) is 25.9 Å². The highest BCUT2D eigenvalue weighted by Gasteiger charge is 2.17. The van der Waals surface area contributed by atoms with Gasteiger partial charge in [0.05, 0.1) is 12.8 Å². The van der Waals surface area contributed by atoms with E-state index >= 15 is 0 Å². The van der Waals surface area contributed by atoms with Gasteiger partial charge in [0, 0.05) is 17.2 Å². The molecule has 0 unspecified atom stereocenters. The molecule has 1 N–H and O–H groups in total. The van der Waals surface area contributed by atoms with E-state index in [1.165, 1.54) is 0 Å². The van der Waals surface area contributed by atoms with Crippen molar-refractivity contribution in [1.82, 2.24) is 9.78 Å². The normalized spacial score (nSPS) is 11.6. The van der Waals surface area contributed by atoms with Gasteiger partial charge >= 0.3 is 0 Å². The van der Waals surface area contributed by atoms with E-state index in [9.17, 15) is 4.79 Å². The lowest BCUT2D eigenvalue weighted by Gasteiger charge is -2.15. The third-order valence-electron chi connectivity index (χ3n) is 2.86. The van der Waals surface area contributed by atoms with Crippen LogP contribution in [0, 0.1) is 0 Å². The smallest absolute Gasteiger partial charge is 0.271 e. The fourth-order valence-corrected chi connectivity index (χ4v) is 1.70. The summed E-state index contributed by atoms with van der Waals surface area (Å²) in [6.45, 7) is 6.20. The maximum Gasteiger partial charge on any atom is 0.271 e. The van der Waals surface area contributed by atoms with Crippen LogP contribution in [0.4, 0.5) is 0 Å². The Morgan fingerprint density at radius 3 is 2.22 bits per heavy atom. The molecule has 0 aliphatic carbocycles. The van der Waals surface area contributed by atoms with Gasteiger partial charge in [-0.2, -0.15) is 0 Å². The Labute approximate surface area is 106 Å². The fourth-order valence-electron chi connectivity index (χ4n) is 1.70. The Morgan fingerprint density at radius 2 is 1.78 bits per heavy atom. The molecule has 0 saturated carbocycles. The first-order valence-corrected chi connectivity index (χ1v) is 5.89. The number of ether oxygens (including phenoxy) is 1. The maximum absolute atomic E-state index is 11.9. The first-order chi connectivity index (χ1) is 8.41. The van der Waals surface area contributed by atoms with Gasteiger partial charge in [-0.3, -0.25) is 9.89 Å². The number of hydrogen-bond acceptors (Lipinski definition) is 2. The van der Waals surface area contributed by atoms with Crippen molar-refractivity contribution in [3.63, 3.8) is 0 Å². The van der Waals surface area contributed by atoms with Crippen molar-refractivity contribution in [2.45, 2.75) is 26.2 Å². The standard InChI is InChI=1S/C14H18N2O2/c1-14(2,3)12-9-13(17)16(15-12)10-5-7-11(18-4)8-6-10/h5-9,15H,1-4H3. The molecule has 1 aromatic carbocycles. The molecule has 0 aliphatic heterocycles. The number of H-pyrrole nitrogens is 1. The molecule has 96 valence electrons. The minimum absolute atomic E-state index is 0.0508. The molecule has 0 atom stereocenters. The molecular weight excluding hydrogens is 228 g/mol. The Balaban J connectivity index is 2.44. The minimum atomic E-state index is -0.0725. The second-order valence-corrected chi connectivity index (χ2v) is 5.29. The molecule has 2 aromatic rings. The Kier molecular flexibility index (Phi) is 3.03. The van der Waals surface area contributed by atoms with Crippen LogP contribution in [-0.4, -0.2) is 16.9 Å². The van der Waals surface area contributed by atoms with Crippen LogP contribution in [0.1, 0.15) is 26.5 Å². The number of methoxy groups -OCH3 is 1. The Morgan fingerprint density at radius 1 is 1.17 bits per heavy atom. The van der Waals surface area contributed by atoms with Crippen LogP contribution in [0.25, 0.3) is 5.69 Å². The topological polar surface area (TPSA) is 47.0 Å². The molecule has 1 heterocycles. The molecule has 18 heavy (non-hydrogen) atoms. The van der Waals surface area contributed by atoms with Crippen LogP contribution < -0.4 is 10.3 Å². The zero-order chi connectivity index (χ0) is 13.3. The van der Waals surface area contributed by atoms with Crippen molar-refractivity contribution in [2.75, 3.05) is 7.11 Å². The van der Waals surface area contributed by atoms with Crippen molar-refractivity contribution >= 4 is 0 Å². The minimum Gasteiger partial charge on any atom is -0.497 e. The summed E-state index contributed by atoms with van der Waals surface area (Å²) in [7, 11) is 1.62. The van der Waals surface area contributed by atoms with E-state index in [0.717, 1.165) is 17.1 Å². The predicted octanol–water partition coefficient (Wildman–Crippen LogP) is 2.47. The van der Waals surface area contributed by atoms with E-state index < -0.39 is 0 Å². The average Bonchev–Trinajstić information content (AvgIpc) is 2.71. The molecule has 0 fully saturated rings. The van der Waals surface area contributed by atoms with Crippen LogP contribution in [0.3, 0.4) is 0 Å². The van der Waals surface area contributed by atoms with Gasteiger partial charge in [0.1, 0.15) is 5.75 Å². The van der Waals surface area contributed by atoms with Crippen molar-refractivity contribution in [3.8, 4) is 11.4 Å². The van der Waals surface area contributed by atoms with Gasteiger partial charge in [0.25, 0.3) is 5.56 Å². The second kappa shape index (κ2) is 4.37. The summed E-state index contributed by atoms with van der Waals surface area (Å²) >= 11 is 0. The first-order valence-electron chi connectivity index (χ1n) is 5.89. The molecule has 0 spiro atoms. The molecule has 2 rings (SSSR count). The summed E-state index contributed by atoms with van der Waals surface area (Å²) in [5.41, 5.74) is 1.60. The van der Waals surface area contributed by atoms with Crippen molar-refractivity contribution in [3.05, 3.63) is 46.4 Å². The van der Waals surface area contributed by atoms with Gasteiger partial charge in [-0.1, -0.05) is 20.8 Å². The number of nitrogens with one attached hydrogen (secondary N) is 1. The van der Waals surface area contributed by atoms with Gasteiger partial charge in [-0.05, 0) is 24.3 Å².